The average Bonchev–Trinajstić information content (AvgIpc) is 1.64. The molecule has 9 heavy (non-hydrogen) atoms. The van der Waals surface area contributed by atoms with Crippen LogP contribution in [0.25, 0.3) is 0 Å². The number of hydrogen-bond acceptors (Lipinski definition) is 0. The molecule has 0 aromatic heterocycles. The van der Waals surface area contributed by atoms with Crippen LogP contribution < -0.4 is 0 Å². The Morgan fingerprint density at radius 2 is 1.56 bits per heavy atom. The van der Waals surface area contributed by atoms with Gasteiger partial charge in [0.2, 0.25) is 0 Å². The average molecular weight is 147 g/mol. The van der Waals surface area contributed by atoms with Gasteiger partial charge in [0.05, 0.1) is 0 Å². The van der Waals surface area contributed by atoms with E-state index in [1.807, 2.05) is 12.1 Å². The number of rotatable bonds is 0. The van der Waals surface area contributed by atoms with Crippen LogP contribution in [0.5, 0.6) is 0 Å². The van der Waals surface area contributed by atoms with Gasteiger partial charge in [-0.15, -0.1) is 0 Å². The first-order valence-corrected chi connectivity index (χ1v) is 2.73. The summed E-state index contributed by atoms with van der Waals surface area (Å²) in [6.07, 6.45) is 0. The fourth-order valence-corrected chi connectivity index (χ4v) is 0.747. The molecule has 0 saturated carbocycles. The van der Waals surface area contributed by atoms with Crippen LogP contribution in [0.3, 0.4) is 0 Å². The van der Waals surface area contributed by atoms with Gasteiger partial charge in [-0.05, 0) is 19.9 Å². The topological polar surface area (TPSA) is 0 Å². The zero-order valence-electron chi connectivity index (χ0n) is 5.23. The Morgan fingerprint density at radius 3 is 1.78 bits per heavy atom. The van der Waals surface area contributed by atoms with E-state index in [0.717, 1.165) is 0 Å². The number of hydrogen-bond donors (Lipinski definition) is 0. The second-order valence-corrected chi connectivity index (χ2v) is 2.09. The molecule has 0 aliphatic carbocycles. The van der Waals surface area contributed by atoms with Gasteiger partial charge in [-0.3, -0.25) is 0 Å². The summed E-state index contributed by atoms with van der Waals surface area (Å²) in [6, 6.07) is 9.12. The van der Waals surface area contributed by atoms with Gasteiger partial charge in [-0.25, -0.2) is 0 Å². The molecule has 0 aliphatic heterocycles. The summed E-state index contributed by atoms with van der Waals surface area (Å²) in [4.78, 5) is 0. The van der Waals surface area contributed by atoms with Crippen LogP contribution >= 0.6 is 0 Å². The molecule has 0 saturated heterocycles. The Kier molecular flexibility index (Phi) is 4.55. The van der Waals surface area contributed by atoms with E-state index < -0.39 is 0 Å². The predicted octanol–water partition coefficient (Wildman–Crippen LogP) is 1.19. The van der Waals surface area contributed by atoms with Gasteiger partial charge in [-0.2, -0.15) is 0 Å². The zero-order chi connectivity index (χ0) is 5.98. The van der Waals surface area contributed by atoms with E-state index in [9.17, 15) is 0 Å². The molecule has 0 N–H and O–H groups in total. The molecule has 0 atom stereocenters. The van der Waals surface area contributed by atoms with Gasteiger partial charge in [0.1, 0.15) is 0 Å². The van der Waals surface area contributed by atoms with Crippen LogP contribution in [-0.2, 0) is 0 Å². The van der Waals surface area contributed by atoms with E-state index in [2.05, 4.69) is 26.0 Å². The normalized spacial score (nSPS) is 8.22. The van der Waals surface area contributed by atoms with Crippen molar-refractivity contribution in [2.45, 2.75) is 13.8 Å². The number of benzene rings is 1. The van der Waals surface area contributed by atoms with Crippen molar-refractivity contribution in [1.29, 1.82) is 0 Å². The van der Waals surface area contributed by atoms with Crippen molar-refractivity contribution in [3.8, 4) is 0 Å². The van der Waals surface area contributed by atoms with Crippen molar-refractivity contribution in [1.82, 2.24) is 0 Å². The summed E-state index contributed by atoms with van der Waals surface area (Å²) in [5.74, 6) is 0. The van der Waals surface area contributed by atoms with Gasteiger partial charge in [-0.1, -0.05) is 29.3 Å². The Labute approximate surface area is 86.3 Å². The first kappa shape index (κ1) is 9.48. The molecule has 45 valence electrons. The van der Waals surface area contributed by atoms with Crippen molar-refractivity contribution >= 4 is 37.7 Å². The van der Waals surface area contributed by atoms with E-state index in [4.69, 9.17) is 0 Å². The minimum absolute atomic E-state index is 0. The standard InChI is InChI=1S/C8H9.Ca.2H/c1-7-4-3-5-8(2)6-7;;;/h4-6H,1-2H3;;;. The third-order valence-electron chi connectivity index (χ3n) is 1.08. The summed E-state index contributed by atoms with van der Waals surface area (Å²) in [7, 11) is 0. The quantitative estimate of drug-likeness (QED) is 0.483. The first-order chi connectivity index (χ1) is 3.79. The predicted molar refractivity (Wildman–Crippen MR) is 43.3 cm³/mol. The maximum absolute atomic E-state index is 3.03. The molecule has 1 heteroatoms. The summed E-state index contributed by atoms with van der Waals surface area (Å²) < 4.78 is 0. The molecule has 0 amide bonds. The molecule has 0 aliphatic rings. The SMILES string of the molecule is Cc1c[c]cc(C)c1.[CaH2]. The van der Waals surface area contributed by atoms with Gasteiger partial charge in [0.15, 0.2) is 0 Å². The molecule has 0 heterocycles. The van der Waals surface area contributed by atoms with Crippen LogP contribution in [0.2, 0.25) is 0 Å². The molecule has 0 nitrogen and oxygen atoms in total. The Balaban J connectivity index is 0.000000640. The molecule has 1 aromatic rings. The van der Waals surface area contributed by atoms with Gasteiger partial charge < -0.3 is 0 Å². The van der Waals surface area contributed by atoms with Gasteiger partial charge in [0, 0.05) is 0 Å². The fraction of sp³-hybridized carbons (Fsp3) is 0.250. The van der Waals surface area contributed by atoms with E-state index in [0.29, 0.717) is 0 Å². The summed E-state index contributed by atoms with van der Waals surface area (Å²) in [6.45, 7) is 4.15. The van der Waals surface area contributed by atoms with Crippen molar-refractivity contribution in [2.75, 3.05) is 0 Å². The van der Waals surface area contributed by atoms with E-state index in [-0.39, 0.29) is 37.7 Å². The summed E-state index contributed by atoms with van der Waals surface area (Å²) >= 11 is 0. The number of aryl methyl sites for hydroxylation is 2. The first-order valence-electron chi connectivity index (χ1n) is 2.73. The maximum atomic E-state index is 3.03. The van der Waals surface area contributed by atoms with Crippen molar-refractivity contribution < 1.29 is 0 Å². The third kappa shape index (κ3) is 3.24. The van der Waals surface area contributed by atoms with Gasteiger partial charge >= 0.3 is 37.7 Å². The fourth-order valence-electron chi connectivity index (χ4n) is 0.747. The van der Waals surface area contributed by atoms with E-state index >= 15 is 0 Å². The Hall–Kier alpha value is 0.480. The molecule has 0 fully saturated rings. The second kappa shape index (κ2) is 4.32. The minimum atomic E-state index is 0. The molecule has 0 bridgehead atoms. The molecule has 0 unspecified atom stereocenters. The van der Waals surface area contributed by atoms with Crippen molar-refractivity contribution in [3.05, 3.63) is 35.4 Å². The molecular weight excluding hydrogens is 136 g/mol. The van der Waals surface area contributed by atoms with Crippen LogP contribution in [0.4, 0.5) is 0 Å². The molecule has 1 aromatic carbocycles. The Morgan fingerprint density at radius 1 is 1.11 bits per heavy atom. The van der Waals surface area contributed by atoms with Crippen LogP contribution in [0.15, 0.2) is 18.2 Å². The van der Waals surface area contributed by atoms with Crippen molar-refractivity contribution in [2.24, 2.45) is 0 Å². The monoisotopic (exact) mass is 147 g/mol. The van der Waals surface area contributed by atoms with Crippen LogP contribution in [0, 0.1) is 19.9 Å². The molecular formula is C8H11Ca. The van der Waals surface area contributed by atoms with E-state index in [1.54, 1.807) is 0 Å². The van der Waals surface area contributed by atoms with Crippen LogP contribution in [0.1, 0.15) is 11.1 Å². The Bertz CT molecular complexity index is 164. The summed E-state index contributed by atoms with van der Waals surface area (Å²) in [5, 5.41) is 0. The molecule has 1 radical (unpaired) electrons. The van der Waals surface area contributed by atoms with Crippen LogP contribution in [-0.4, -0.2) is 37.7 Å². The zero-order valence-corrected chi connectivity index (χ0v) is 5.23. The summed E-state index contributed by atoms with van der Waals surface area (Å²) in [5.41, 5.74) is 2.56. The second-order valence-electron chi connectivity index (χ2n) is 2.09. The third-order valence-corrected chi connectivity index (χ3v) is 1.08. The van der Waals surface area contributed by atoms with Crippen molar-refractivity contribution in [3.63, 3.8) is 0 Å². The van der Waals surface area contributed by atoms with Gasteiger partial charge in [0.25, 0.3) is 0 Å². The van der Waals surface area contributed by atoms with E-state index in [1.165, 1.54) is 11.1 Å². The molecule has 1 rings (SSSR count). The molecule has 0 spiro atoms.